The molecule has 0 saturated carbocycles. The second kappa shape index (κ2) is 7.05. The molecule has 7 nitrogen and oxygen atoms in total. The number of hydrogen-bond donors (Lipinski definition) is 1. The minimum Gasteiger partial charge on any atom is -0.493 e. The molecule has 7 heteroatoms. The number of nitrogens with zero attached hydrogens (tertiary/aromatic N) is 4. The largest absolute Gasteiger partial charge is 0.493 e. The normalized spacial score (nSPS) is 12.1. The number of hydrogen-bond acceptors (Lipinski definition) is 6. The Morgan fingerprint density at radius 1 is 1.04 bits per heavy atom. The summed E-state index contributed by atoms with van der Waals surface area (Å²) in [4.78, 5) is 8.89. The lowest BCUT2D eigenvalue weighted by molar-refractivity contribution is 0.355. The van der Waals surface area contributed by atoms with Gasteiger partial charge in [-0.15, -0.1) is 0 Å². The molecule has 4 rings (SSSR count). The molecule has 0 bridgehead atoms. The number of benzene rings is 1. The Bertz CT molecular complexity index is 1080. The molecule has 3 heterocycles. The number of ether oxygens (including phenoxy) is 2. The number of methoxy groups -OCH3 is 2. The van der Waals surface area contributed by atoms with Crippen LogP contribution in [0.4, 0.5) is 0 Å². The van der Waals surface area contributed by atoms with Crippen LogP contribution in [0.1, 0.15) is 17.3 Å². The summed E-state index contributed by atoms with van der Waals surface area (Å²) in [5.74, 6) is 1.32. The van der Waals surface area contributed by atoms with Crippen molar-refractivity contribution >= 4 is 5.65 Å². The van der Waals surface area contributed by atoms with E-state index < -0.39 is 0 Å². The SMILES string of the molecule is COc1ccc(-c2cnn3ccc(C(N)c4cccnc4)nc23)cc1OC. The van der Waals surface area contributed by atoms with E-state index in [2.05, 4.69) is 10.1 Å². The summed E-state index contributed by atoms with van der Waals surface area (Å²) < 4.78 is 12.4. The van der Waals surface area contributed by atoms with Crippen molar-refractivity contribution in [2.45, 2.75) is 6.04 Å². The zero-order valence-electron chi connectivity index (χ0n) is 15.0. The molecule has 0 spiro atoms. The van der Waals surface area contributed by atoms with Crippen LogP contribution in [0.3, 0.4) is 0 Å². The summed E-state index contributed by atoms with van der Waals surface area (Å²) in [6.45, 7) is 0. The second-order valence-electron chi connectivity index (χ2n) is 6.01. The van der Waals surface area contributed by atoms with E-state index in [1.165, 1.54) is 0 Å². The quantitative estimate of drug-likeness (QED) is 0.588. The van der Waals surface area contributed by atoms with Crippen LogP contribution in [0.5, 0.6) is 11.5 Å². The highest BCUT2D eigenvalue weighted by Crippen LogP contribution is 2.33. The van der Waals surface area contributed by atoms with Gasteiger partial charge in [0.15, 0.2) is 17.1 Å². The van der Waals surface area contributed by atoms with Gasteiger partial charge < -0.3 is 15.2 Å². The first-order chi connectivity index (χ1) is 13.2. The van der Waals surface area contributed by atoms with Crippen molar-refractivity contribution in [1.29, 1.82) is 0 Å². The highest BCUT2D eigenvalue weighted by atomic mass is 16.5. The molecular formula is C20H19N5O2. The van der Waals surface area contributed by atoms with Gasteiger partial charge in [0.2, 0.25) is 0 Å². The summed E-state index contributed by atoms with van der Waals surface area (Å²) in [5.41, 5.74) is 10.6. The average molecular weight is 361 g/mol. The van der Waals surface area contributed by atoms with E-state index >= 15 is 0 Å². The Morgan fingerprint density at radius 2 is 1.89 bits per heavy atom. The van der Waals surface area contributed by atoms with Crippen molar-refractivity contribution in [2.24, 2.45) is 5.73 Å². The van der Waals surface area contributed by atoms with E-state index in [4.69, 9.17) is 20.2 Å². The molecule has 136 valence electrons. The van der Waals surface area contributed by atoms with E-state index in [1.807, 2.05) is 42.6 Å². The van der Waals surface area contributed by atoms with E-state index in [-0.39, 0.29) is 6.04 Å². The van der Waals surface area contributed by atoms with Crippen LogP contribution in [0.25, 0.3) is 16.8 Å². The van der Waals surface area contributed by atoms with Crippen LogP contribution in [0.15, 0.2) is 61.2 Å². The molecule has 0 aliphatic carbocycles. The molecule has 27 heavy (non-hydrogen) atoms. The lowest BCUT2D eigenvalue weighted by atomic mass is 10.1. The number of rotatable bonds is 5. The van der Waals surface area contributed by atoms with Gasteiger partial charge in [0.05, 0.1) is 32.2 Å². The second-order valence-corrected chi connectivity index (χ2v) is 6.01. The van der Waals surface area contributed by atoms with Gasteiger partial charge in [-0.25, -0.2) is 9.50 Å². The number of aromatic nitrogens is 4. The van der Waals surface area contributed by atoms with Crippen molar-refractivity contribution < 1.29 is 9.47 Å². The maximum atomic E-state index is 6.38. The Morgan fingerprint density at radius 3 is 2.63 bits per heavy atom. The van der Waals surface area contributed by atoms with E-state index in [0.29, 0.717) is 11.5 Å². The van der Waals surface area contributed by atoms with Crippen molar-refractivity contribution in [3.05, 3.63) is 72.4 Å². The zero-order valence-corrected chi connectivity index (χ0v) is 15.0. The van der Waals surface area contributed by atoms with Crippen molar-refractivity contribution in [3.63, 3.8) is 0 Å². The summed E-state index contributed by atoms with van der Waals surface area (Å²) in [6, 6.07) is 11.0. The summed E-state index contributed by atoms with van der Waals surface area (Å²) in [5, 5.41) is 4.40. The minimum absolute atomic E-state index is 0.364. The third-order valence-corrected chi connectivity index (χ3v) is 4.45. The Kier molecular flexibility index (Phi) is 4.43. The number of nitrogens with two attached hydrogens (primary N) is 1. The van der Waals surface area contributed by atoms with Crippen molar-refractivity contribution in [1.82, 2.24) is 19.6 Å². The molecule has 3 aromatic heterocycles. The van der Waals surface area contributed by atoms with Crippen LogP contribution >= 0.6 is 0 Å². The van der Waals surface area contributed by atoms with Gasteiger partial charge in [-0.05, 0) is 35.4 Å². The van der Waals surface area contributed by atoms with E-state index in [1.54, 1.807) is 37.3 Å². The predicted molar refractivity (Wildman–Crippen MR) is 102 cm³/mol. The molecule has 0 saturated heterocycles. The van der Waals surface area contributed by atoms with Crippen molar-refractivity contribution in [2.75, 3.05) is 14.2 Å². The first kappa shape index (κ1) is 17.0. The Balaban J connectivity index is 1.79. The predicted octanol–water partition coefficient (Wildman–Crippen LogP) is 2.86. The van der Waals surface area contributed by atoms with Crippen LogP contribution in [0.2, 0.25) is 0 Å². The first-order valence-corrected chi connectivity index (χ1v) is 8.43. The van der Waals surface area contributed by atoms with Gasteiger partial charge >= 0.3 is 0 Å². The molecular weight excluding hydrogens is 342 g/mol. The highest BCUT2D eigenvalue weighted by Gasteiger charge is 2.15. The van der Waals surface area contributed by atoms with Gasteiger partial charge in [0.1, 0.15) is 0 Å². The van der Waals surface area contributed by atoms with Gasteiger partial charge in [0.25, 0.3) is 0 Å². The maximum absolute atomic E-state index is 6.38. The van der Waals surface area contributed by atoms with E-state index in [0.717, 1.165) is 28.0 Å². The summed E-state index contributed by atoms with van der Waals surface area (Å²) >= 11 is 0. The van der Waals surface area contributed by atoms with Crippen LogP contribution in [0, 0.1) is 0 Å². The fraction of sp³-hybridized carbons (Fsp3) is 0.150. The fourth-order valence-electron chi connectivity index (χ4n) is 2.99. The summed E-state index contributed by atoms with van der Waals surface area (Å²) in [7, 11) is 3.22. The molecule has 0 amide bonds. The third kappa shape index (κ3) is 3.09. The molecule has 0 radical (unpaired) electrons. The Labute approximate surface area is 156 Å². The number of pyridine rings is 1. The molecule has 2 N–H and O–H groups in total. The summed E-state index contributed by atoms with van der Waals surface area (Å²) in [6.07, 6.45) is 7.11. The first-order valence-electron chi connectivity index (χ1n) is 8.43. The average Bonchev–Trinajstić information content (AvgIpc) is 3.16. The van der Waals surface area contributed by atoms with Gasteiger partial charge in [-0.1, -0.05) is 12.1 Å². The molecule has 1 aromatic carbocycles. The molecule has 0 aliphatic heterocycles. The Hall–Kier alpha value is -3.45. The topological polar surface area (TPSA) is 87.6 Å². The highest BCUT2D eigenvalue weighted by molar-refractivity contribution is 5.78. The van der Waals surface area contributed by atoms with Gasteiger partial charge in [0, 0.05) is 24.2 Å². The van der Waals surface area contributed by atoms with E-state index in [9.17, 15) is 0 Å². The lowest BCUT2D eigenvalue weighted by Gasteiger charge is -2.12. The maximum Gasteiger partial charge on any atom is 0.163 e. The minimum atomic E-state index is -0.364. The molecule has 0 fully saturated rings. The van der Waals surface area contributed by atoms with Gasteiger partial charge in [-0.2, -0.15) is 5.10 Å². The van der Waals surface area contributed by atoms with Crippen LogP contribution in [-0.2, 0) is 0 Å². The molecule has 0 aliphatic rings. The fourth-order valence-corrected chi connectivity index (χ4v) is 2.99. The molecule has 1 unspecified atom stereocenters. The lowest BCUT2D eigenvalue weighted by Crippen LogP contribution is -2.14. The van der Waals surface area contributed by atoms with Crippen molar-refractivity contribution in [3.8, 4) is 22.6 Å². The monoisotopic (exact) mass is 361 g/mol. The molecule has 4 aromatic rings. The zero-order chi connectivity index (χ0) is 18.8. The smallest absolute Gasteiger partial charge is 0.163 e. The van der Waals surface area contributed by atoms with Crippen LogP contribution in [-0.4, -0.2) is 33.8 Å². The van der Waals surface area contributed by atoms with Crippen LogP contribution < -0.4 is 15.2 Å². The third-order valence-electron chi connectivity index (χ3n) is 4.45. The standard InChI is InChI=1S/C20H19N5O2/c1-26-17-6-5-13(10-18(17)27-2)15-12-23-25-9-7-16(24-20(15)25)19(21)14-4-3-8-22-11-14/h3-12,19H,21H2,1-2H3. The van der Waals surface area contributed by atoms with Gasteiger partial charge in [-0.3, -0.25) is 4.98 Å². The number of fused-ring (bicyclic) bond motifs is 1. The molecule has 1 atom stereocenters.